The summed E-state index contributed by atoms with van der Waals surface area (Å²) < 4.78 is 27.6. The molecule has 0 saturated heterocycles. The Balaban J connectivity index is 1.34. The Hall–Kier alpha value is -4.00. The molecule has 0 fully saturated rings. The molecule has 166 valence electrons. The van der Waals surface area contributed by atoms with E-state index in [-0.39, 0.29) is 5.82 Å². The van der Waals surface area contributed by atoms with Crippen molar-refractivity contribution in [2.75, 3.05) is 6.61 Å². The van der Waals surface area contributed by atoms with Crippen LogP contribution in [0.4, 0.5) is 4.39 Å². The van der Waals surface area contributed by atoms with E-state index in [1.807, 2.05) is 59.4 Å². The molecule has 0 saturated carbocycles. The van der Waals surface area contributed by atoms with Crippen molar-refractivity contribution in [1.82, 2.24) is 19.7 Å². The minimum atomic E-state index is -0.292. The van der Waals surface area contributed by atoms with Crippen LogP contribution in [0.5, 0.6) is 5.75 Å². The van der Waals surface area contributed by atoms with E-state index in [0.29, 0.717) is 47.3 Å². The number of aromatic nitrogens is 4. The van der Waals surface area contributed by atoms with Gasteiger partial charge in [-0.1, -0.05) is 24.2 Å². The van der Waals surface area contributed by atoms with Crippen LogP contribution in [0, 0.1) is 12.7 Å². The maximum atomic E-state index is 14.5. The van der Waals surface area contributed by atoms with E-state index < -0.39 is 0 Å². The van der Waals surface area contributed by atoms with Gasteiger partial charge in [-0.05, 0) is 55.3 Å². The van der Waals surface area contributed by atoms with Crippen molar-refractivity contribution in [3.05, 3.63) is 84.1 Å². The maximum absolute atomic E-state index is 14.5. The van der Waals surface area contributed by atoms with Crippen LogP contribution >= 0.6 is 0 Å². The van der Waals surface area contributed by atoms with Crippen molar-refractivity contribution in [3.8, 4) is 39.8 Å². The van der Waals surface area contributed by atoms with Crippen LogP contribution in [0.3, 0.4) is 0 Å². The van der Waals surface area contributed by atoms with E-state index in [1.165, 1.54) is 0 Å². The highest BCUT2D eigenvalue weighted by Crippen LogP contribution is 2.28. The Morgan fingerprint density at radius 2 is 1.82 bits per heavy atom. The Kier molecular flexibility index (Phi) is 5.60. The first kappa shape index (κ1) is 20.9. The van der Waals surface area contributed by atoms with Gasteiger partial charge in [-0.25, -0.2) is 14.4 Å². The van der Waals surface area contributed by atoms with Crippen LogP contribution in [0.2, 0.25) is 0 Å². The molecule has 6 nitrogen and oxygen atoms in total. The van der Waals surface area contributed by atoms with Crippen molar-refractivity contribution in [3.63, 3.8) is 0 Å². The molecule has 0 unspecified atom stereocenters. The molecule has 0 aliphatic carbocycles. The van der Waals surface area contributed by atoms with E-state index in [2.05, 4.69) is 22.0 Å². The first-order chi connectivity index (χ1) is 16.1. The minimum Gasteiger partial charge on any atom is -0.494 e. The lowest BCUT2D eigenvalue weighted by molar-refractivity contribution is 0.317. The highest BCUT2D eigenvalue weighted by molar-refractivity contribution is 5.66. The number of pyridine rings is 1. The largest absolute Gasteiger partial charge is 0.494 e. The van der Waals surface area contributed by atoms with Crippen LogP contribution in [0.1, 0.15) is 24.7 Å². The molecular weight excluding hydrogens is 419 g/mol. The summed E-state index contributed by atoms with van der Waals surface area (Å²) in [6.45, 7) is 5.00. The number of hydrogen-bond acceptors (Lipinski definition) is 5. The quantitative estimate of drug-likeness (QED) is 0.310. The Labute approximate surface area is 191 Å². The summed E-state index contributed by atoms with van der Waals surface area (Å²) in [6.07, 6.45) is 4.75. The number of hydrogen-bond donors (Lipinski definition) is 0. The molecule has 2 aliphatic heterocycles. The number of nitrogens with zero attached hydrogens (tertiary/aromatic N) is 4. The number of aryl methyl sites for hydroxylation is 1. The maximum Gasteiger partial charge on any atom is 0.163 e. The molecule has 3 heterocycles. The molecule has 7 heteroatoms. The number of halogens is 1. The predicted molar refractivity (Wildman–Crippen MR) is 124 cm³/mol. The van der Waals surface area contributed by atoms with Crippen LogP contribution in [0.25, 0.3) is 34.0 Å². The third-order valence-corrected chi connectivity index (χ3v) is 5.38. The molecule has 0 radical (unpaired) electrons. The first-order valence-electron chi connectivity index (χ1n) is 10.9. The predicted octanol–water partition coefficient (Wildman–Crippen LogP) is 5.99. The Bertz CT molecular complexity index is 1360. The fraction of sp³-hybridized carbons (Fsp3) is 0.192. The summed E-state index contributed by atoms with van der Waals surface area (Å²) in [5.74, 6) is 1.65. The van der Waals surface area contributed by atoms with Gasteiger partial charge in [-0.3, -0.25) is 0 Å². The highest BCUT2D eigenvalue weighted by Gasteiger charge is 2.17. The lowest BCUT2D eigenvalue weighted by atomic mass is 10.1. The number of imidazole rings is 1. The van der Waals surface area contributed by atoms with E-state index >= 15 is 0 Å². The van der Waals surface area contributed by atoms with Crippen molar-refractivity contribution in [2.45, 2.75) is 26.8 Å². The fourth-order valence-electron chi connectivity index (χ4n) is 3.64. The number of rotatable bonds is 7. The second-order valence-electron chi connectivity index (χ2n) is 7.92. The summed E-state index contributed by atoms with van der Waals surface area (Å²) in [5.41, 5.74) is 4.10. The van der Waals surface area contributed by atoms with Crippen molar-refractivity contribution < 1.29 is 13.7 Å². The summed E-state index contributed by atoms with van der Waals surface area (Å²) in [7, 11) is 0. The van der Waals surface area contributed by atoms with Crippen molar-refractivity contribution in [1.29, 1.82) is 0 Å². The van der Waals surface area contributed by atoms with Gasteiger partial charge in [0.15, 0.2) is 11.6 Å². The lowest BCUT2D eigenvalue weighted by Crippen LogP contribution is -1.99. The van der Waals surface area contributed by atoms with Gasteiger partial charge in [0.25, 0.3) is 0 Å². The van der Waals surface area contributed by atoms with Crippen LogP contribution < -0.4 is 4.74 Å². The molecule has 2 aromatic carbocycles. The monoisotopic (exact) mass is 442 g/mol. The second-order valence-corrected chi connectivity index (χ2v) is 7.92. The normalized spacial score (nSPS) is 11.2. The standard InChI is InChI=1S/C26H23FN4O2/c1-3-13-32-19-9-7-18(8-10-19)23-14-20(33-30-23)15-31-12-11-22-24(16-31)29-26(28-22)21-6-4-5-17(2)25(21)27/h4-12,14,16H,3,13,15H2,1-2H3. The van der Waals surface area contributed by atoms with E-state index in [0.717, 1.165) is 23.4 Å². The zero-order chi connectivity index (χ0) is 22.8. The first-order valence-corrected chi connectivity index (χ1v) is 10.9. The summed E-state index contributed by atoms with van der Waals surface area (Å²) in [4.78, 5) is 9.03. The number of fused-ring (bicyclic) bond motifs is 1. The smallest absolute Gasteiger partial charge is 0.163 e. The van der Waals surface area contributed by atoms with Gasteiger partial charge in [-0.2, -0.15) is 0 Å². The topological polar surface area (TPSA) is 66.0 Å². The van der Waals surface area contributed by atoms with E-state index in [9.17, 15) is 4.39 Å². The molecule has 3 aromatic rings. The molecular formula is C26H23FN4O2. The zero-order valence-electron chi connectivity index (χ0n) is 18.5. The third-order valence-electron chi connectivity index (χ3n) is 5.38. The molecule has 5 rings (SSSR count). The van der Waals surface area contributed by atoms with Gasteiger partial charge in [0.1, 0.15) is 23.0 Å². The number of ether oxygens (including phenoxy) is 1. The van der Waals surface area contributed by atoms with Gasteiger partial charge < -0.3 is 13.8 Å². The molecule has 0 spiro atoms. The van der Waals surface area contributed by atoms with Gasteiger partial charge in [-0.15, -0.1) is 0 Å². The third kappa shape index (κ3) is 4.35. The molecule has 2 aliphatic rings. The van der Waals surface area contributed by atoms with Gasteiger partial charge in [0, 0.05) is 24.0 Å². The fourth-order valence-corrected chi connectivity index (χ4v) is 3.64. The zero-order valence-corrected chi connectivity index (χ0v) is 18.5. The van der Waals surface area contributed by atoms with Crippen molar-refractivity contribution >= 4 is 0 Å². The average molecular weight is 442 g/mol. The van der Waals surface area contributed by atoms with E-state index in [4.69, 9.17) is 9.26 Å². The molecule has 0 bridgehead atoms. The van der Waals surface area contributed by atoms with Gasteiger partial charge >= 0.3 is 0 Å². The molecule has 0 amide bonds. The molecule has 1 aromatic heterocycles. The van der Waals surface area contributed by atoms with Crippen LogP contribution in [-0.2, 0) is 6.54 Å². The number of benzene rings is 2. The average Bonchev–Trinajstić information content (AvgIpc) is 3.47. The summed E-state index contributed by atoms with van der Waals surface area (Å²) >= 11 is 0. The Morgan fingerprint density at radius 1 is 1.00 bits per heavy atom. The molecule has 0 atom stereocenters. The summed E-state index contributed by atoms with van der Waals surface area (Å²) in [5, 5.41) is 4.20. The molecule has 33 heavy (non-hydrogen) atoms. The lowest BCUT2D eigenvalue weighted by Gasteiger charge is -2.05. The van der Waals surface area contributed by atoms with Crippen LogP contribution in [-0.4, -0.2) is 26.3 Å². The second kappa shape index (κ2) is 8.86. The van der Waals surface area contributed by atoms with Crippen molar-refractivity contribution in [2.24, 2.45) is 0 Å². The highest BCUT2D eigenvalue weighted by atomic mass is 19.1. The molecule has 0 N–H and O–H groups in total. The van der Waals surface area contributed by atoms with Crippen LogP contribution in [0.15, 0.2) is 71.5 Å². The van der Waals surface area contributed by atoms with E-state index in [1.54, 1.807) is 19.1 Å². The van der Waals surface area contributed by atoms with Gasteiger partial charge in [0.05, 0.1) is 24.4 Å². The Morgan fingerprint density at radius 3 is 2.64 bits per heavy atom. The minimum absolute atomic E-state index is 0.292. The van der Waals surface area contributed by atoms with Gasteiger partial charge in [0.2, 0.25) is 0 Å². The summed E-state index contributed by atoms with van der Waals surface area (Å²) in [6, 6.07) is 16.8. The SMILES string of the molecule is CCCOc1ccc(-c2cc(Cn3ccc4nc(-c5cccc(C)c5F)nc-4c3)on2)cc1.